The van der Waals surface area contributed by atoms with Crippen LogP contribution in [0, 0.1) is 0 Å². The monoisotopic (exact) mass is 303 g/mol. The minimum absolute atomic E-state index is 0.0122. The molecule has 6 heteroatoms. The van der Waals surface area contributed by atoms with Crippen molar-refractivity contribution in [2.75, 3.05) is 18.4 Å². The van der Waals surface area contributed by atoms with Crippen molar-refractivity contribution < 1.29 is 9.53 Å². The van der Waals surface area contributed by atoms with Crippen molar-refractivity contribution in [3.05, 3.63) is 46.8 Å². The van der Waals surface area contributed by atoms with Gasteiger partial charge >= 0.3 is 6.03 Å². The van der Waals surface area contributed by atoms with E-state index in [1.165, 1.54) is 0 Å². The van der Waals surface area contributed by atoms with Gasteiger partial charge in [0.25, 0.3) is 0 Å². The van der Waals surface area contributed by atoms with Gasteiger partial charge in [-0.15, -0.1) is 0 Å². The van der Waals surface area contributed by atoms with E-state index in [0.717, 1.165) is 5.56 Å². The summed E-state index contributed by atoms with van der Waals surface area (Å²) in [7, 11) is 0. The van der Waals surface area contributed by atoms with Crippen molar-refractivity contribution in [2.24, 2.45) is 0 Å². The smallest absolute Gasteiger partial charge is 0.323 e. The molecule has 0 unspecified atom stereocenters. The van der Waals surface area contributed by atoms with E-state index in [4.69, 9.17) is 4.74 Å². The molecule has 2 atom stereocenters. The second kappa shape index (κ2) is 6.24. The molecule has 1 fully saturated rings. The van der Waals surface area contributed by atoms with Crippen LogP contribution >= 0.6 is 11.3 Å². The molecule has 0 aliphatic carbocycles. The van der Waals surface area contributed by atoms with Crippen LogP contribution in [-0.4, -0.2) is 35.1 Å². The highest BCUT2D eigenvalue weighted by Crippen LogP contribution is 2.27. The number of rotatable bonds is 2. The predicted molar refractivity (Wildman–Crippen MR) is 82.4 cm³/mol. The minimum atomic E-state index is -0.135. The van der Waals surface area contributed by atoms with E-state index >= 15 is 0 Å². The number of morpholine rings is 1. The normalized spacial score (nSPS) is 22.0. The van der Waals surface area contributed by atoms with Crippen molar-refractivity contribution in [3.8, 4) is 0 Å². The molecular weight excluding hydrogens is 286 g/mol. The fourth-order valence-electron chi connectivity index (χ4n) is 2.38. The Morgan fingerprint density at radius 1 is 1.43 bits per heavy atom. The summed E-state index contributed by atoms with van der Waals surface area (Å²) in [5.41, 5.74) is 1.13. The maximum absolute atomic E-state index is 12.4. The SMILES string of the molecule is C[C@@H]1CN(C(=O)Nc2ccccn2)C[C@H](c2ccsc2)O1. The maximum atomic E-state index is 12.4. The number of carbonyl (C=O) groups is 1. The van der Waals surface area contributed by atoms with Crippen molar-refractivity contribution in [1.29, 1.82) is 0 Å². The second-order valence-corrected chi connectivity index (χ2v) is 5.82. The molecule has 0 aromatic carbocycles. The lowest BCUT2D eigenvalue weighted by atomic mass is 10.1. The second-order valence-electron chi connectivity index (χ2n) is 5.04. The van der Waals surface area contributed by atoms with Crippen LogP contribution < -0.4 is 5.32 Å². The van der Waals surface area contributed by atoms with Crippen LogP contribution in [0.5, 0.6) is 0 Å². The van der Waals surface area contributed by atoms with Crippen molar-refractivity contribution >= 4 is 23.2 Å². The summed E-state index contributed by atoms with van der Waals surface area (Å²) in [5, 5.41) is 6.91. The summed E-state index contributed by atoms with van der Waals surface area (Å²) in [6.45, 7) is 3.12. The van der Waals surface area contributed by atoms with Crippen LogP contribution in [0.2, 0.25) is 0 Å². The molecule has 1 aliphatic rings. The number of ether oxygens (including phenoxy) is 1. The molecule has 1 N–H and O–H groups in total. The Morgan fingerprint density at radius 3 is 3.05 bits per heavy atom. The number of thiophene rings is 1. The third kappa shape index (κ3) is 3.40. The molecule has 0 spiro atoms. The van der Waals surface area contributed by atoms with Crippen LogP contribution in [0.4, 0.5) is 10.6 Å². The fourth-order valence-corrected chi connectivity index (χ4v) is 3.09. The van der Waals surface area contributed by atoms with E-state index in [-0.39, 0.29) is 18.2 Å². The first-order chi connectivity index (χ1) is 10.2. The number of pyridine rings is 1. The van der Waals surface area contributed by atoms with Crippen LogP contribution in [0.3, 0.4) is 0 Å². The van der Waals surface area contributed by atoms with Gasteiger partial charge in [-0.25, -0.2) is 9.78 Å². The van der Waals surface area contributed by atoms with Crippen LogP contribution in [0.25, 0.3) is 0 Å². The standard InChI is InChI=1S/C15H17N3O2S/c1-11-8-18(9-13(20-11)12-5-7-21-10-12)15(19)17-14-4-2-3-6-16-14/h2-7,10-11,13H,8-9H2,1H3,(H,16,17,19)/t11-,13-/m1/s1. The number of aromatic nitrogens is 1. The summed E-state index contributed by atoms with van der Waals surface area (Å²) in [6.07, 6.45) is 1.61. The number of urea groups is 1. The number of hydrogen-bond donors (Lipinski definition) is 1. The lowest BCUT2D eigenvalue weighted by Gasteiger charge is -2.36. The summed E-state index contributed by atoms with van der Waals surface area (Å²) < 4.78 is 5.93. The van der Waals surface area contributed by atoms with Gasteiger partial charge in [-0.1, -0.05) is 6.07 Å². The zero-order valence-corrected chi connectivity index (χ0v) is 12.5. The van der Waals surface area contributed by atoms with Gasteiger partial charge < -0.3 is 9.64 Å². The van der Waals surface area contributed by atoms with Gasteiger partial charge in [0.15, 0.2) is 0 Å². The van der Waals surface area contributed by atoms with Gasteiger partial charge in [0.2, 0.25) is 0 Å². The molecule has 2 aromatic rings. The van der Waals surface area contributed by atoms with Crippen molar-refractivity contribution in [2.45, 2.75) is 19.1 Å². The van der Waals surface area contributed by atoms with Crippen LogP contribution in [0.15, 0.2) is 41.2 Å². The average Bonchev–Trinajstić information content (AvgIpc) is 3.02. The molecule has 0 radical (unpaired) electrons. The highest BCUT2D eigenvalue weighted by molar-refractivity contribution is 7.07. The average molecular weight is 303 g/mol. The van der Waals surface area contributed by atoms with Gasteiger partial charge in [-0.2, -0.15) is 11.3 Å². The molecule has 1 saturated heterocycles. The first-order valence-corrected chi connectivity index (χ1v) is 7.81. The maximum Gasteiger partial charge on any atom is 0.323 e. The van der Waals surface area contributed by atoms with Gasteiger partial charge in [0, 0.05) is 12.7 Å². The molecular formula is C15H17N3O2S. The fraction of sp³-hybridized carbons (Fsp3) is 0.333. The van der Waals surface area contributed by atoms with E-state index in [9.17, 15) is 4.79 Å². The van der Waals surface area contributed by atoms with E-state index in [2.05, 4.69) is 15.7 Å². The van der Waals surface area contributed by atoms with Crippen LogP contribution in [0.1, 0.15) is 18.6 Å². The lowest BCUT2D eigenvalue weighted by molar-refractivity contribution is -0.0641. The molecule has 0 saturated carbocycles. The van der Waals surface area contributed by atoms with E-state index < -0.39 is 0 Å². The quantitative estimate of drug-likeness (QED) is 0.927. The summed E-state index contributed by atoms with van der Waals surface area (Å²) >= 11 is 1.64. The highest BCUT2D eigenvalue weighted by atomic mass is 32.1. The first kappa shape index (κ1) is 14.0. The summed E-state index contributed by atoms with van der Waals surface area (Å²) in [6, 6.07) is 7.35. The number of anilines is 1. The zero-order valence-electron chi connectivity index (χ0n) is 11.7. The molecule has 0 bridgehead atoms. The van der Waals surface area contributed by atoms with E-state index in [0.29, 0.717) is 18.9 Å². The molecule has 3 heterocycles. The lowest BCUT2D eigenvalue weighted by Crippen LogP contribution is -2.47. The largest absolute Gasteiger partial charge is 0.367 e. The van der Waals surface area contributed by atoms with Gasteiger partial charge in [-0.05, 0) is 41.4 Å². The first-order valence-electron chi connectivity index (χ1n) is 6.87. The van der Waals surface area contributed by atoms with Gasteiger partial charge in [0.05, 0.1) is 12.6 Å². The Balaban J connectivity index is 1.68. The third-order valence-electron chi connectivity index (χ3n) is 3.36. The molecule has 3 rings (SSSR count). The van der Waals surface area contributed by atoms with Gasteiger partial charge in [0.1, 0.15) is 11.9 Å². The Kier molecular flexibility index (Phi) is 4.17. The third-order valence-corrected chi connectivity index (χ3v) is 4.06. The molecule has 5 nitrogen and oxygen atoms in total. The Labute approximate surface area is 127 Å². The van der Waals surface area contributed by atoms with E-state index in [1.807, 2.05) is 30.5 Å². The minimum Gasteiger partial charge on any atom is -0.367 e. The summed E-state index contributed by atoms with van der Waals surface area (Å²) in [4.78, 5) is 18.2. The summed E-state index contributed by atoms with van der Waals surface area (Å²) in [5.74, 6) is 0.564. The predicted octanol–water partition coefficient (Wildman–Crippen LogP) is 3.14. The van der Waals surface area contributed by atoms with Crippen LogP contribution in [-0.2, 0) is 4.74 Å². The number of hydrogen-bond acceptors (Lipinski definition) is 4. The Hall–Kier alpha value is -1.92. The van der Waals surface area contributed by atoms with Crippen molar-refractivity contribution in [3.63, 3.8) is 0 Å². The molecule has 21 heavy (non-hydrogen) atoms. The number of nitrogens with zero attached hydrogens (tertiary/aromatic N) is 2. The number of nitrogens with one attached hydrogen (secondary N) is 1. The topological polar surface area (TPSA) is 54.5 Å². The number of amides is 2. The Bertz CT molecular complexity index is 588. The molecule has 1 aliphatic heterocycles. The molecule has 2 amide bonds. The number of carbonyl (C=O) groups excluding carboxylic acids is 1. The van der Waals surface area contributed by atoms with Crippen molar-refractivity contribution in [1.82, 2.24) is 9.88 Å². The van der Waals surface area contributed by atoms with Gasteiger partial charge in [-0.3, -0.25) is 5.32 Å². The molecule has 110 valence electrons. The zero-order chi connectivity index (χ0) is 14.7. The van der Waals surface area contributed by atoms with E-state index in [1.54, 1.807) is 28.5 Å². The Morgan fingerprint density at radius 2 is 2.33 bits per heavy atom. The molecule has 2 aromatic heterocycles. The highest BCUT2D eigenvalue weighted by Gasteiger charge is 2.29.